The third-order valence-electron chi connectivity index (χ3n) is 4.86. The molecular weight excluding hydrogens is 383 g/mol. The van der Waals surface area contributed by atoms with Crippen molar-refractivity contribution in [1.82, 2.24) is 9.73 Å². The van der Waals surface area contributed by atoms with Gasteiger partial charge in [-0.25, -0.2) is 9.11 Å². The van der Waals surface area contributed by atoms with Crippen LogP contribution in [0.5, 0.6) is 0 Å². The zero-order valence-corrected chi connectivity index (χ0v) is 16.6. The molecule has 3 N–H and O–H groups in total. The minimum atomic E-state index is -0.247. The molecule has 0 radical (unpaired) electrons. The first kappa shape index (κ1) is 19.4. The van der Waals surface area contributed by atoms with Gasteiger partial charge >= 0.3 is 0 Å². The highest BCUT2D eigenvalue weighted by Gasteiger charge is 2.23. The lowest BCUT2D eigenvalue weighted by Gasteiger charge is -2.29. The van der Waals surface area contributed by atoms with E-state index < -0.39 is 0 Å². The summed E-state index contributed by atoms with van der Waals surface area (Å²) in [5.41, 5.74) is 6.95. The van der Waals surface area contributed by atoms with Gasteiger partial charge in [-0.05, 0) is 23.3 Å². The van der Waals surface area contributed by atoms with Crippen LogP contribution in [0.4, 0.5) is 4.39 Å². The highest BCUT2D eigenvalue weighted by atomic mass is 32.2. The van der Waals surface area contributed by atoms with Gasteiger partial charge in [0.25, 0.3) is 0 Å². The molecule has 29 heavy (non-hydrogen) atoms. The SMILES string of the molecule is C=C1c2ccccc2C(c2ccc(CNSN)cc2)=NN1Cc1ccc(F)cc1. The summed E-state index contributed by atoms with van der Waals surface area (Å²) in [6.07, 6.45) is 0. The van der Waals surface area contributed by atoms with Gasteiger partial charge in [-0.15, -0.1) is 0 Å². The summed E-state index contributed by atoms with van der Waals surface area (Å²) in [6, 6.07) is 22.9. The van der Waals surface area contributed by atoms with Crippen molar-refractivity contribution in [2.75, 3.05) is 0 Å². The van der Waals surface area contributed by atoms with Crippen LogP contribution >= 0.6 is 12.1 Å². The van der Waals surface area contributed by atoms with E-state index in [1.807, 2.05) is 17.1 Å². The number of hydrogen-bond acceptors (Lipinski definition) is 5. The van der Waals surface area contributed by atoms with Crippen molar-refractivity contribution in [3.63, 3.8) is 0 Å². The number of rotatable bonds is 6. The Morgan fingerprint density at radius 3 is 2.28 bits per heavy atom. The van der Waals surface area contributed by atoms with Crippen molar-refractivity contribution in [1.29, 1.82) is 0 Å². The lowest BCUT2D eigenvalue weighted by molar-refractivity contribution is 0.412. The van der Waals surface area contributed by atoms with Gasteiger partial charge in [-0.2, -0.15) is 5.10 Å². The fourth-order valence-corrected chi connectivity index (χ4v) is 3.58. The maximum absolute atomic E-state index is 13.3. The normalized spacial score (nSPS) is 13.2. The number of halogens is 1. The summed E-state index contributed by atoms with van der Waals surface area (Å²) < 4.78 is 16.3. The molecule has 0 unspecified atom stereocenters. The molecule has 3 aromatic carbocycles. The Balaban J connectivity index is 1.69. The van der Waals surface area contributed by atoms with E-state index in [2.05, 4.69) is 47.7 Å². The van der Waals surface area contributed by atoms with Gasteiger partial charge in [0.1, 0.15) is 5.82 Å². The molecule has 3 aromatic rings. The molecule has 1 heterocycles. The van der Waals surface area contributed by atoms with Gasteiger partial charge in [0.05, 0.1) is 18.0 Å². The van der Waals surface area contributed by atoms with Crippen molar-refractivity contribution in [2.45, 2.75) is 13.1 Å². The Bertz CT molecular complexity index is 1050. The Morgan fingerprint density at radius 1 is 0.931 bits per heavy atom. The predicted molar refractivity (Wildman–Crippen MR) is 118 cm³/mol. The molecular formula is C23H21FN4S. The van der Waals surface area contributed by atoms with Crippen LogP contribution in [-0.4, -0.2) is 10.7 Å². The fraction of sp³-hybridized carbons (Fsp3) is 0.0870. The number of nitrogens with one attached hydrogen (secondary N) is 1. The summed E-state index contributed by atoms with van der Waals surface area (Å²) in [6.45, 7) is 5.46. The summed E-state index contributed by atoms with van der Waals surface area (Å²) in [4.78, 5) is 0. The monoisotopic (exact) mass is 404 g/mol. The average Bonchev–Trinajstić information content (AvgIpc) is 2.76. The van der Waals surface area contributed by atoms with Crippen LogP contribution in [0.1, 0.15) is 27.8 Å². The topological polar surface area (TPSA) is 53.6 Å². The Labute approximate surface area is 174 Å². The van der Waals surface area contributed by atoms with Gasteiger partial charge in [0, 0.05) is 35.4 Å². The van der Waals surface area contributed by atoms with Crippen LogP contribution in [0.15, 0.2) is 84.5 Å². The number of hydrogen-bond donors (Lipinski definition) is 2. The van der Waals surface area contributed by atoms with E-state index >= 15 is 0 Å². The van der Waals surface area contributed by atoms with E-state index in [4.69, 9.17) is 10.2 Å². The molecule has 1 aliphatic rings. The molecule has 0 aliphatic carbocycles. The van der Waals surface area contributed by atoms with Gasteiger partial charge in [-0.1, -0.05) is 67.2 Å². The molecule has 0 spiro atoms. The minimum Gasteiger partial charge on any atom is -0.264 e. The second kappa shape index (κ2) is 8.61. The largest absolute Gasteiger partial charge is 0.264 e. The third-order valence-corrected chi connectivity index (χ3v) is 5.17. The summed E-state index contributed by atoms with van der Waals surface area (Å²) in [5.74, 6) is -0.247. The average molecular weight is 405 g/mol. The molecule has 1 aliphatic heterocycles. The highest BCUT2D eigenvalue weighted by molar-refractivity contribution is 7.95. The molecule has 4 rings (SSSR count). The van der Waals surface area contributed by atoms with E-state index in [0.717, 1.165) is 51.4 Å². The molecule has 6 heteroatoms. The lowest BCUT2D eigenvalue weighted by Crippen LogP contribution is -2.25. The fourth-order valence-electron chi connectivity index (χ4n) is 3.33. The third kappa shape index (κ3) is 4.24. The molecule has 0 amide bonds. The van der Waals surface area contributed by atoms with Crippen LogP contribution in [0.3, 0.4) is 0 Å². The molecule has 0 saturated heterocycles. The van der Waals surface area contributed by atoms with E-state index in [9.17, 15) is 4.39 Å². The van der Waals surface area contributed by atoms with Crippen molar-refractivity contribution in [3.8, 4) is 0 Å². The molecule has 0 aromatic heterocycles. The van der Waals surface area contributed by atoms with Crippen molar-refractivity contribution < 1.29 is 4.39 Å². The standard InChI is InChI=1S/C23H21FN4S/c1-16-21-4-2-3-5-22(21)23(19-10-6-17(7-11-19)14-26-29-25)27-28(16)15-18-8-12-20(24)13-9-18/h2-13,26H,1,14-15,25H2. The maximum Gasteiger partial charge on any atom is 0.123 e. The van der Waals surface area contributed by atoms with E-state index in [1.54, 1.807) is 12.1 Å². The molecule has 0 bridgehead atoms. The molecule has 0 fully saturated rings. The maximum atomic E-state index is 13.3. The highest BCUT2D eigenvalue weighted by Crippen LogP contribution is 2.31. The number of fused-ring (bicyclic) bond motifs is 1. The molecule has 146 valence electrons. The van der Waals surface area contributed by atoms with Gasteiger partial charge < -0.3 is 0 Å². The van der Waals surface area contributed by atoms with Crippen LogP contribution in [-0.2, 0) is 13.1 Å². The number of hydrazone groups is 1. The second-order valence-electron chi connectivity index (χ2n) is 6.76. The minimum absolute atomic E-state index is 0.247. The second-order valence-corrected chi connectivity index (χ2v) is 7.29. The van der Waals surface area contributed by atoms with Crippen molar-refractivity contribution >= 4 is 23.5 Å². The summed E-state index contributed by atoms with van der Waals surface area (Å²) >= 11 is 1.11. The Kier molecular flexibility index (Phi) is 5.76. The molecule has 0 atom stereocenters. The smallest absolute Gasteiger partial charge is 0.123 e. The first-order chi connectivity index (χ1) is 14.2. The number of nitrogens with zero attached hydrogens (tertiary/aromatic N) is 2. The molecule has 0 saturated carbocycles. The van der Waals surface area contributed by atoms with E-state index in [1.165, 1.54) is 12.1 Å². The molecule has 4 nitrogen and oxygen atoms in total. The summed E-state index contributed by atoms with van der Waals surface area (Å²) in [5, 5.41) is 12.2. The van der Waals surface area contributed by atoms with Gasteiger partial charge in [0.2, 0.25) is 0 Å². The summed E-state index contributed by atoms with van der Waals surface area (Å²) in [7, 11) is 0. The zero-order valence-electron chi connectivity index (χ0n) is 15.8. The van der Waals surface area contributed by atoms with Gasteiger partial charge in [0.15, 0.2) is 0 Å². The predicted octanol–water partition coefficient (Wildman–Crippen LogP) is 4.68. The quantitative estimate of drug-likeness (QED) is 0.586. The van der Waals surface area contributed by atoms with Crippen molar-refractivity contribution in [2.24, 2.45) is 10.2 Å². The van der Waals surface area contributed by atoms with Crippen molar-refractivity contribution in [3.05, 3.63) is 113 Å². The zero-order chi connectivity index (χ0) is 20.2. The van der Waals surface area contributed by atoms with Crippen LogP contribution in [0, 0.1) is 5.82 Å². The Morgan fingerprint density at radius 2 is 1.59 bits per heavy atom. The Hall–Kier alpha value is -2.93. The number of nitrogens with two attached hydrogens (primary N) is 1. The van der Waals surface area contributed by atoms with Gasteiger partial charge in [-0.3, -0.25) is 10.1 Å². The first-order valence-electron chi connectivity index (χ1n) is 9.23. The van der Waals surface area contributed by atoms with Crippen LogP contribution in [0.2, 0.25) is 0 Å². The lowest BCUT2D eigenvalue weighted by atomic mass is 9.94. The van der Waals surface area contributed by atoms with E-state index in [0.29, 0.717) is 13.1 Å². The van der Waals surface area contributed by atoms with E-state index in [-0.39, 0.29) is 5.82 Å². The van der Waals surface area contributed by atoms with Crippen LogP contribution < -0.4 is 9.86 Å². The van der Waals surface area contributed by atoms with Crippen LogP contribution in [0.25, 0.3) is 5.70 Å². The number of benzene rings is 3. The first-order valence-corrected chi connectivity index (χ1v) is 10.1.